The minimum absolute atomic E-state index is 0.00859. The zero-order valence-corrected chi connectivity index (χ0v) is 14.1. The molecule has 0 aliphatic rings. The molecule has 2 atom stereocenters. The molecule has 0 saturated heterocycles. The summed E-state index contributed by atoms with van der Waals surface area (Å²) in [5, 5.41) is 3.45. The molecule has 1 rings (SSSR count). The fraction of sp³-hybridized carbons (Fsp3) is 0.600. The van der Waals surface area contributed by atoms with E-state index in [2.05, 4.69) is 33.0 Å². The summed E-state index contributed by atoms with van der Waals surface area (Å²) in [5.74, 6) is 0.00903. The molecule has 114 valence electrons. The third-order valence-corrected chi connectivity index (χ3v) is 4.86. The van der Waals surface area contributed by atoms with Gasteiger partial charge in [-0.15, -0.1) is 0 Å². The van der Waals surface area contributed by atoms with E-state index in [0.29, 0.717) is 10.6 Å². The number of nitrogens with one attached hydrogen (secondary N) is 1. The standard InChI is InChI=1S/C15H23ClFNOS/c1-5-8-18-14(15(2,3)4)10-20(19)11-6-7-13(17)12(16)9-11/h6-7,9,14,18H,5,8,10H2,1-4H3. The molecule has 0 saturated carbocycles. The van der Waals surface area contributed by atoms with Gasteiger partial charge in [0.05, 0.1) is 15.8 Å². The van der Waals surface area contributed by atoms with Crippen LogP contribution in [0.25, 0.3) is 0 Å². The van der Waals surface area contributed by atoms with Gasteiger partial charge in [0.2, 0.25) is 0 Å². The van der Waals surface area contributed by atoms with Gasteiger partial charge in [0.1, 0.15) is 5.82 Å². The van der Waals surface area contributed by atoms with E-state index in [0.717, 1.165) is 13.0 Å². The molecule has 0 radical (unpaired) electrons. The monoisotopic (exact) mass is 319 g/mol. The maximum absolute atomic E-state index is 13.1. The lowest BCUT2D eigenvalue weighted by molar-refractivity contribution is 0.290. The van der Waals surface area contributed by atoms with Crippen molar-refractivity contribution < 1.29 is 8.60 Å². The molecule has 20 heavy (non-hydrogen) atoms. The molecular formula is C15H23ClFNOS. The number of hydrogen-bond acceptors (Lipinski definition) is 2. The fourth-order valence-electron chi connectivity index (χ4n) is 1.80. The maximum Gasteiger partial charge on any atom is 0.141 e. The molecule has 1 aromatic carbocycles. The average molecular weight is 320 g/mol. The second kappa shape index (κ2) is 7.53. The molecule has 0 fully saturated rings. The molecule has 2 nitrogen and oxygen atoms in total. The highest BCUT2D eigenvalue weighted by atomic mass is 35.5. The molecule has 1 aromatic rings. The predicted molar refractivity (Wildman–Crippen MR) is 84.2 cm³/mol. The second-order valence-corrected chi connectivity index (χ2v) is 7.86. The van der Waals surface area contributed by atoms with Gasteiger partial charge in [0.25, 0.3) is 0 Å². The Morgan fingerprint density at radius 2 is 2.05 bits per heavy atom. The van der Waals surface area contributed by atoms with Crippen molar-refractivity contribution in [3.8, 4) is 0 Å². The summed E-state index contributed by atoms with van der Waals surface area (Å²) in [6, 6.07) is 4.39. The summed E-state index contributed by atoms with van der Waals surface area (Å²) >= 11 is 5.74. The van der Waals surface area contributed by atoms with Crippen LogP contribution < -0.4 is 5.32 Å². The van der Waals surface area contributed by atoms with Crippen LogP contribution in [0.3, 0.4) is 0 Å². The van der Waals surface area contributed by atoms with Crippen molar-refractivity contribution in [3.63, 3.8) is 0 Å². The Kier molecular flexibility index (Phi) is 6.62. The van der Waals surface area contributed by atoms with E-state index in [4.69, 9.17) is 11.6 Å². The van der Waals surface area contributed by atoms with Gasteiger partial charge in [-0.3, -0.25) is 4.21 Å². The number of halogens is 2. The summed E-state index contributed by atoms with van der Waals surface area (Å²) in [4.78, 5) is 0.573. The summed E-state index contributed by atoms with van der Waals surface area (Å²) in [6.45, 7) is 9.35. The van der Waals surface area contributed by atoms with Gasteiger partial charge in [-0.25, -0.2) is 4.39 Å². The minimum Gasteiger partial charge on any atom is -0.313 e. The topological polar surface area (TPSA) is 29.1 Å². The molecule has 5 heteroatoms. The third kappa shape index (κ3) is 5.15. The zero-order valence-electron chi connectivity index (χ0n) is 12.5. The van der Waals surface area contributed by atoms with Crippen LogP contribution in [0.15, 0.2) is 23.1 Å². The number of rotatable bonds is 6. The van der Waals surface area contributed by atoms with Gasteiger partial charge in [0.15, 0.2) is 0 Å². The lowest BCUT2D eigenvalue weighted by atomic mass is 9.88. The van der Waals surface area contributed by atoms with Crippen molar-refractivity contribution >= 4 is 22.4 Å². The van der Waals surface area contributed by atoms with Crippen LogP contribution >= 0.6 is 11.6 Å². The van der Waals surface area contributed by atoms with Gasteiger partial charge < -0.3 is 5.32 Å². The molecule has 0 heterocycles. The van der Waals surface area contributed by atoms with Crippen LogP contribution in [0.2, 0.25) is 5.02 Å². The van der Waals surface area contributed by atoms with E-state index < -0.39 is 16.6 Å². The highest BCUT2D eigenvalue weighted by Gasteiger charge is 2.26. The van der Waals surface area contributed by atoms with Crippen molar-refractivity contribution in [2.45, 2.75) is 45.1 Å². The molecule has 0 spiro atoms. The van der Waals surface area contributed by atoms with Gasteiger partial charge in [0, 0.05) is 16.7 Å². The number of hydrogen-bond donors (Lipinski definition) is 1. The normalized spacial score (nSPS) is 15.1. The van der Waals surface area contributed by atoms with E-state index in [1.54, 1.807) is 0 Å². The smallest absolute Gasteiger partial charge is 0.141 e. The van der Waals surface area contributed by atoms with Crippen molar-refractivity contribution in [2.24, 2.45) is 5.41 Å². The first-order valence-corrected chi connectivity index (χ1v) is 8.52. The van der Waals surface area contributed by atoms with Crippen molar-refractivity contribution in [1.29, 1.82) is 0 Å². The lowest BCUT2D eigenvalue weighted by Crippen LogP contribution is -2.44. The maximum atomic E-state index is 13.1. The Morgan fingerprint density at radius 1 is 1.40 bits per heavy atom. The van der Waals surface area contributed by atoms with E-state index in [-0.39, 0.29) is 16.5 Å². The van der Waals surface area contributed by atoms with E-state index in [1.807, 2.05) is 0 Å². The Balaban J connectivity index is 2.82. The highest BCUT2D eigenvalue weighted by molar-refractivity contribution is 7.85. The molecule has 2 unspecified atom stereocenters. The van der Waals surface area contributed by atoms with Crippen LogP contribution in [0.5, 0.6) is 0 Å². The minimum atomic E-state index is -1.20. The quantitative estimate of drug-likeness (QED) is 0.858. The van der Waals surface area contributed by atoms with E-state index in [1.165, 1.54) is 18.2 Å². The first-order chi connectivity index (χ1) is 9.25. The Bertz CT molecular complexity index is 473. The van der Waals surface area contributed by atoms with Crippen LogP contribution in [0, 0.1) is 11.2 Å². The third-order valence-electron chi connectivity index (χ3n) is 3.16. The fourth-order valence-corrected chi connectivity index (χ4v) is 3.63. The SMILES string of the molecule is CCCNC(CS(=O)c1ccc(F)c(Cl)c1)C(C)(C)C. The van der Waals surface area contributed by atoms with Gasteiger partial charge in [-0.1, -0.05) is 39.3 Å². The second-order valence-electron chi connectivity index (χ2n) is 5.96. The molecule has 0 amide bonds. The molecule has 0 aromatic heterocycles. The van der Waals surface area contributed by atoms with Gasteiger partial charge in [-0.2, -0.15) is 0 Å². The van der Waals surface area contributed by atoms with Crippen molar-refractivity contribution in [3.05, 3.63) is 29.0 Å². The molecule has 0 aliphatic heterocycles. The molecule has 0 aliphatic carbocycles. The van der Waals surface area contributed by atoms with Crippen LogP contribution in [0.1, 0.15) is 34.1 Å². The largest absolute Gasteiger partial charge is 0.313 e. The zero-order chi connectivity index (χ0) is 15.3. The summed E-state index contributed by atoms with van der Waals surface area (Å²) in [5.41, 5.74) is 0.00859. The summed E-state index contributed by atoms with van der Waals surface area (Å²) in [7, 11) is -1.20. The number of benzene rings is 1. The lowest BCUT2D eigenvalue weighted by Gasteiger charge is -2.31. The van der Waals surface area contributed by atoms with E-state index in [9.17, 15) is 8.60 Å². The van der Waals surface area contributed by atoms with Crippen molar-refractivity contribution in [1.82, 2.24) is 5.32 Å². The Morgan fingerprint density at radius 3 is 2.55 bits per heavy atom. The van der Waals surface area contributed by atoms with Crippen LogP contribution in [-0.2, 0) is 10.8 Å². The first-order valence-electron chi connectivity index (χ1n) is 6.82. The molecular weight excluding hydrogens is 297 g/mol. The average Bonchev–Trinajstić information content (AvgIpc) is 2.36. The highest BCUT2D eigenvalue weighted by Crippen LogP contribution is 2.23. The molecule has 1 N–H and O–H groups in total. The predicted octanol–water partition coefficient (Wildman–Crippen LogP) is 4.00. The Labute approximate surface area is 128 Å². The van der Waals surface area contributed by atoms with Crippen LogP contribution in [-0.4, -0.2) is 22.5 Å². The van der Waals surface area contributed by atoms with E-state index >= 15 is 0 Å². The first kappa shape index (κ1) is 17.6. The Hall–Kier alpha value is -0.450. The summed E-state index contributed by atoms with van der Waals surface area (Å²) < 4.78 is 25.6. The van der Waals surface area contributed by atoms with Crippen LogP contribution in [0.4, 0.5) is 4.39 Å². The van der Waals surface area contributed by atoms with Gasteiger partial charge >= 0.3 is 0 Å². The van der Waals surface area contributed by atoms with Crippen molar-refractivity contribution in [2.75, 3.05) is 12.3 Å². The molecule has 0 bridgehead atoms. The van der Waals surface area contributed by atoms with Gasteiger partial charge in [-0.05, 0) is 36.6 Å². The summed E-state index contributed by atoms with van der Waals surface area (Å²) in [6.07, 6.45) is 1.03.